The van der Waals surface area contributed by atoms with Gasteiger partial charge in [0.25, 0.3) is 5.69 Å². The molecule has 0 aromatic heterocycles. The molecule has 1 aromatic carbocycles. The summed E-state index contributed by atoms with van der Waals surface area (Å²) < 4.78 is 0. The average molecular weight is 263 g/mol. The zero-order valence-electron chi connectivity index (χ0n) is 10.6. The summed E-state index contributed by atoms with van der Waals surface area (Å²) in [5, 5.41) is 11.0. The van der Waals surface area contributed by atoms with E-state index >= 15 is 0 Å². The molecule has 1 heterocycles. The minimum atomic E-state index is -0.368. The summed E-state index contributed by atoms with van der Waals surface area (Å²) in [4.78, 5) is 23.6. The molecule has 1 saturated heterocycles. The van der Waals surface area contributed by atoms with Crippen LogP contribution < -0.4 is 10.6 Å². The molecular formula is C13H17N3O3. The van der Waals surface area contributed by atoms with Crippen LogP contribution in [0.4, 0.5) is 11.4 Å². The number of primary amides is 1. The fraction of sp³-hybridized carbons (Fsp3) is 0.462. The number of carbonyl (C=O) groups excluding carboxylic acids is 1. The molecule has 1 unspecified atom stereocenters. The number of para-hydroxylation sites is 2. The predicted molar refractivity (Wildman–Crippen MR) is 71.8 cm³/mol. The number of carbonyl (C=O) groups is 1. The molecular weight excluding hydrogens is 246 g/mol. The molecule has 1 amide bonds. The zero-order chi connectivity index (χ0) is 13.8. The van der Waals surface area contributed by atoms with Gasteiger partial charge in [-0.25, -0.2) is 0 Å². The fourth-order valence-electron chi connectivity index (χ4n) is 2.62. The number of hydrogen-bond acceptors (Lipinski definition) is 4. The Morgan fingerprint density at radius 3 is 2.89 bits per heavy atom. The van der Waals surface area contributed by atoms with Gasteiger partial charge in [0, 0.05) is 25.6 Å². The van der Waals surface area contributed by atoms with E-state index in [4.69, 9.17) is 5.73 Å². The van der Waals surface area contributed by atoms with E-state index < -0.39 is 0 Å². The molecule has 2 rings (SSSR count). The Kier molecular flexibility index (Phi) is 3.99. The highest BCUT2D eigenvalue weighted by molar-refractivity contribution is 5.74. The van der Waals surface area contributed by atoms with E-state index in [1.54, 1.807) is 18.2 Å². The van der Waals surface area contributed by atoms with E-state index in [1.807, 2.05) is 4.90 Å². The summed E-state index contributed by atoms with van der Waals surface area (Å²) in [5.74, 6) is -0.125. The molecule has 6 nitrogen and oxygen atoms in total. The molecule has 102 valence electrons. The van der Waals surface area contributed by atoms with Crippen LogP contribution in [0.5, 0.6) is 0 Å². The van der Waals surface area contributed by atoms with Gasteiger partial charge < -0.3 is 10.6 Å². The Labute approximate surface area is 111 Å². The quantitative estimate of drug-likeness (QED) is 0.661. The van der Waals surface area contributed by atoms with E-state index in [-0.39, 0.29) is 22.4 Å². The number of anilines is 1. The van der Waals surface area contributed by atoms with E-state index in [1.165, 1.54) is 6.07 Å². The topological polar surface area (TPSA) is 89.5 Å². The number of piperidine rings is 1. The van der Waals surface area contributed by atoms with Crippen LogP contribution in [-0.2, 0) is 4.79 Å². The molecule has 1 fully saturated rings. The molecule has 1 aliphatic heterocycles. The summed E-state index contributed by atoms with van der Waals surface area (Å²) in [7, 11) is 0. The standard InChI is InChI=1S/C13H17N3O3/c14-13(17)8-10-4-3-7-15(9-10)11-5-1-2-6-12(11)16(18)19/h1-2,5-6,10H,3-4,7-9H2,(H2,14,17). The maximum Gasteiger partial charge on any atom is 0.292 e. The van der Waals surface area contributed by atoms with Crippen LogP contribution in [0.1, 0.15) is 19.3 Å². The molecule has 19 heavy (non-hydrogen) atoms. The summed E-state index contributed by atoms with van der Waals surface area (Å²) >= 11 is 0. The molecule has 0 spiro atoms. The van der Waals surface area contributed by atoms with Crippen LogP contribution >= 0.6 is 0 Å². The van der Waals surface area contributed by atoms with Crippen LogP contribution in [0, 0.1) is 16.0 Å². The van der Waals surface area contributed by atoms with Crippen molar-refractivity contribution >= 4 is 17.3 Å². The highest BCUT2D eigenvalue weighted by Gasteiger charge is 2.25. The van der Waals surface area contributed by atoms with Gasteiger partial charge >= 0.3 is 0 Å². The lowest BCUT2D eigenvalue weighted by Gasteiger charge is -2.33. The SMILES string of the molecule is NC(=O)CC1CCCN(c2ccccc2[N+](=O)[O-])C1. The normalized spacial score (nSPS) is 19.2. The number of benzene rings is 1. The highest BCUT2D eigenvalue weighted by Crippen LogP contribution is 2.31. The number of amides is 1. The first-order valence-corrected chi connectivity index (χ1v) is 6.34. The molecule has 6 heteroatoms. The summed E-state index contributed by atoms with van der Waals surface area (Å²) in [5.41, 5.74) is 5.96. The van der Waals surface area contributed by atoms with Crippen molar-refractivity contribution < 1.29 is 9.72 Å². The summed E-state index contributed by atoms with van der Waals surface area (Å²) in [6, 6.07) is 6.71. The Bertz CT molecular complexity index is 490. The lowest BCUT2D eigenvalue weighted by Crippen LogP contribution is -2.37. The van der Waals surface area contributed by atoms with Crippen molar-refractivity contribution in [2.75, 3.05) is 18.0 Å². The molecule has 0 bridgehead atoms. The van der Waals surface area contributed by atoms with Gasteiger partial charge in [-0.15, -0.1) is 0 Å². The number of nitro benzene ring substituents is 1. The van der Waals surface area contributed by atoms with Crippen LogP contribution in [0.25, 0.3) is 0 Å². The van der Waals surface area contributed by atoms with E-state index in [2.05, 4.69) is 0 Å². The number of rotatable bonds is 4. The largest absolute Gasteiger partial charge is 0.370 e. The van der Waals surface area contributed by atoms with Crippen molar-refractivity contribution in [3.8, 4) is 0 Å². The zero-order valence-corrected chi connectivity index (χ0v) is 10.6. The molecule has 2 N–H and O–H groups in total. The van der Waals surface area contributed by atoms with Gasteiger partial charge in [0.15, 0.2) is 0 Å². The van der Waals surface area contributed by atoms with Crippen molar-refractivity contribution in [1.82, 2.24) is 0 Å². The van der Waals surface area contributed by atoms with Crippen molar-refractivity contribution in [3.05, 3.63) is 34.4 Å². The molecule has 0 aliphatic carbocycles. The number of nitrogens with zero attached hydrogens (tertiary/aromatic N) is 2. The van der Waals surface area contributed by atoms with Gasteiger partial charge in [-0.3, -0.25) is 14.9 Å². The van der Waals surface area contributed by atoms with Gasteiger partial charge in [0.05, 0.1) is 4.92 Å². The summed E-state index contributed by atoms with van der Waals surface area (Å²) in [6.45, 7) is 1.42. The smallest absolute Gasteiger partial charge is 0.292 e. The lowest BCUT2D eigenvalue weighted by molar-refractivity contribution is -0.384. The van der Waals surface area contributed by atoms with Gasteiger partial charge in [0.2, 0.25) is 5.91 Å². The Morgan fingerprint density at radius 2 is 2.21 bits per heavy atom. The van der Waals surface area contributed by atoms with Gasteiger partial charge in [-0.05, 0) is 24.8 Å². The Morgan fingerprint density at radius 1 is 1.47 bits per heavy atom. The van der Waals surface area contributed by atoms with Crippen molar-refractivity contribution in [2.45, 2.75) is 19.3 Å². The minimum Gasteiger partial charge on any atom is -0.370 e. The van der Waals surface area contributed by atoms with Crippen LogP contribution in [0.2, 0.25) is 0 Å². The molecule has 0 radical (unpaired) electrons. The minimum absolute atomic E-state index is 0.113. The second-order valence-electron chi connectivity index (χ2n) is 4.87. The van der Waals surface area contributed by atoms with Crippen LogP contribution in [0.15, 0.2) is 24.3 Å². The van der Waals surface area contributed by atoms with Crippen LogP contribution in [-0.4, -0.2) is 23.9 Å². The van der Waals surface area contributed by atoms with Gasteiger partial charge in [0.1, 0.15) is 5.69 Å². The number of hydrogen-bond donors (Lipinski definition) is 1. The first kappa shape index (κ1) is 13.3. The molecule has 0 saturated carbocycles. The third kappa shape index (κ3) is 3.21. The number of nitro groups is 1. The van der Waals surface area contributed by atoms with E-state index in [0.29, 0.717) is 18.7 Å². The Hall–Kier alpha value is -2.11. The van der Waals surface area contributed by atoms with Crippen molar-refractivity contribution in [1.29, 1.82) is 0 Å². The van der Waals surface area contributed by atoms with Gasteiger partial charge in [-0.2, -0.15) is 0 Å². The summed E-state index contributed by atoms with van der Waals surface area (Å²) in [6.07, 6.45) is 2.21. The average Bonchev–Trinajstić information content (AvgIpc) is 2.38. The highest BCUT2D eigenvalue weighted by atomic mass is 16.6. The van der Waals surface area contributed by atoms with Crippen LogP contribution in [0.3, 0.4) is 0 Å². The third-order valence-corrected chi connectivity index (χ3v) is 3.43. The second kappa shape index (κ2) is 5.69. The molecule has 1 aliphatic rings. The van der Waals surface area contributed by atoms with Crippen molar-refractivity contribution in [2.24, 2.45) is 11.7 Å². The maximum absolute atomic E-state index is 11.0. The lowest BCUT2D eigenvalue weighted by atomic mass is 9.94. The van der Waals surface area contributed by atoms with E-state index in [9.17, 15) is 14.9 Å². The molecule has 1 aromatic rings. The van der Waals surface area contributed by atoms with E-state index in [0.717, 1.165) is 19.4 Å². The van der Waals surface area contributed by atoms with Crippen molar-refractivity contribution in [3.63, 3.8) is 0 Å². The first-order chi connectivity index (χ1) is 9.08. The molecule has 1 atom stereocenters. The maximum atomic E-state index is 11.0. The monoisotopic (exact) mass is 263 g/mol. The Balaban J connectivity index is 2.17. The fourth-order valence-corrected chi connectivity index (χ4v) is 2.62. The number of nitrogens with two attached hydrogens (primary N) is 1. The predicted octanol–water partition coefficient (Wildman–Crippen LogP) is 1.69. The second-order valence-corrected chi connectivity index (χ2v) is 4.87. The van der Waals surface area contributed by atoms with Gasteiger partial charge in [-0.1, -0.05) is 12.1 Å². The first-order valence-electron chi connectivity index (χ1n) is 6.34. The third-order valence-electron chi connectivity index (χ3n) is 3.43.